The molecule has 140 valence electrons. The molecule has 3 heterocycles. The van der Waals surface area contributed by atoms with E-state index in [2.05, 4.69) is 15.1 Å². The molecule has 4 rings (SSSR count). The van der Waals surface area contributed by atoms with E-state index < -0.39 is 0 Å². The first-order valence-electron chi connectivity index (χ1n) is 8.69. The van der Waals surface area contributed by atoms with E-state index in [0.717, 1.165) is 5.75 Å². The number of thioether (sulfide) groups is 1. The van der Waals surface area contributed by atoms with Crippen LogP contribution in [0.25, 0.3) is 5.78 Å². The van der Waals surface area contributed by atoms with Gasteiger partial charge in [0, 0.05) is 18.9 Å². The van der Waals surface area contributed by atoms with Crippen molar-refractivity contribution in [1.29, 1.82) is 0 Å². The molecule has 1 atom stereocenters. The highest BCUT2D eigenvalue weighted by molar-refractivity contribution is 7.99. The molecule has 1 amide bonds. The molecule has 0 saturated heterocycles. The molecular weight excluding hydrogens is 366 g/mol. The number of fused-ring (bicyclic) bond motifs is 2. The lowest BCUT2D eigenvalue weighted by Crippen LogP contribution is -2.44. The second-order valence-electron chi connectivity index (χ2n) is 5.98. The van der Waals surface area contributed by atoms with Crippen LogP contribution in [0.4, 0.5) is 0 Å². The van der Waals surface area contributed by atoms with Gasteiger partial charge in [0.15, 0.2) is 17.6 Å². The minimum absolute atomic E-state index is 0.0109. The van der Waals surface area contributed by atoms with Crippen molar-refractivity contribution >= 4 is 23.4 Å². The topological polar surface area (TPSA) is 81.9 Å². The third-order valence-electron chi connectivity index (χ3n) is 4.15. The Hall–Kier alpha value is -2.81. The molecule has 1 aliphatic rings. The second kappa shape index (κ2) is 7.83. The van der Waals surface area contributed by atoms with Gasteiger partial charge in [-0.15, -0.1) is 5.10 Å². The van der Waals surface area contributed by atoms with Crippen LogP contribution in [0, 0.1) is 0 Å². The maximum absolute atomic E-state index is 12.6. The molecule has 0 spiro atoms. The second-order valence-corrected chi connectivity index (χ2v) is 6.92. The summed E-state index contributed by atoms with van der Waals surface area (Å²) in [5.74, 6) is 2.25. The maximum Gasteiger partial charge on any atom is 0.253 e. The lowest BCUT2D eigenvalue weighted by Gasteiger charge is -2.30. The highest BCUT2D eigenvalue weighted by Gasteiger charge is 2.25. The fourth-order valence-electron chi connectivity index (χ4n) is 2.80. The van der Waals surface area contributed by atoms with Crippen molar-refractivity contribution in [2.45, 2.75) is 18.2 Å². The number of carbonyl (C=O) groups excluding carboxylic acids is 1. The van der Waals surface area contributed by atoms with Crippen molar-refractivity contribution in [1.82, 2.24) is 24.5 Å². The van der Waals surface area contributed by atoms with Crippen LogP contribution in [0.15, 0.2) is 47.9 Å². The number of benzene rings is 1. The minimum Gasteiger partial charge on any atom is -0.486 e. The predicted molar refractivity (Wildman–Crippen MR) is 100 cm³/mol. The summed E-state index contributed by atoms with van der Waals surface area (Å²) >= 11 is 1.30. The van der Waals surface area contributed by atoms with Crippen LogP contribution in [-0.4, -0.2) is 61.9 Å². The Morgan fingerprint density at radius 1 is 1.33 bits per heavy atom. The third kappa shape index (κ3) is 3.97. The number of rotatable bonds is 6. The molecule has 0 radical (unpaired) electrons. The molecule has 1 aliphatic heterocycles. The summed E-state index contributed by atoms with van der Waals surface area (Å²) in [4.78, 5) is 22.8. The van der Waals surface area contributed by atoms with E-state index in [1.807, 2.05) is 31.2 Å². The quantitative estimate of drug-likeness (QED) is 0.600. The van der Waals surface area contributed by atoms with Crippen LogP contribution in [-0.2, 0) is 4.79 Å². The Balaban J connectivity index is 1.34. The summed E-state index contributed by atoms with van der Waals surface area (Å²) in [6.45, 7) is 3.45. The molecule has 9 heteroatoms. The number of hydrogen-bond acceptors (Lipinski definition) is 7. The molecule has 0 N–H and O–H groups in total. The van der Waals surface area contributed by atoms with E-state index in [-0.39, 0.29) is 17.8 Å². The zero-order valence-electron chi connectivity index (χ0n) is 14.8. The zero-order valence-corrected chi connectivity index (χ0v) is 15.6. The summed E-state index contributed by atoms with van der Waals surface area (Å²) in [5.41, 5.74) is 0. The van der Waals surface area contributed by atoms with Gasteiger partial charge in [0.25, 0.3) is 5.78 Å². The fourth-order valence-corrected chi connectivity index (χ4v) is 3.53. The Morgan fingerprint density at radius 2 is 2.19 bits per heavy atom. The van der Waals surface area contributed by atoms with Gasteiger partial charge in [-0.2, -0.15) is 4.98 Å². The van der Waals surface area contributed by atoms with Crippen LogP contribution in [0.3, 0.4) is 0 Å². The van der Waals surface area contributed by atoms with E-state index in [4.69, 9.17) is 9.47 Å². The van der Waals surface area contributed by atoms with Crippen LogP contribution < -0.4 is 9.47 Å². The van der Waals surface area contributed by atoms with E-state index in [1.54, 1.807) is 27.9 Å². The van der Waals surface area contributed by atoms with E-state index in [9.17, 15) is 4.79 Å². The smallest absolute Gasteiger partial charge is 0.253 e. The van der Waals surface area contributed by atoms with Gasteiger partial charge in [0.2, 0.25) is 11.1 Å². The molecule has 1 aromatic carbocycles. The standard InChI is InChI=1S/C18H19N5O3S/c1-2-22(10-13-11-25-14-6-3-4-7-15(14)26-13)16(24)12-27-18-20-17-19-8-5-9-23(17)21-18/h3-9,13H,2,10-12H2,1H3/t13-/m0/s1. The average Bonchev–Trinajstić information content (AvgIpc) is 3.13. The van der Waals surface area contributed by atoms with Crippen molar-refractivity contribution in [3.63, 3.8) is 0 Å². The van der Waals surface area contributed by atoms with Gasteiger partial charge in [-0.05, 0) is 25.1 Å². The van der Waals surface area contributed by atoms with Crippen molar-refractivity contribution in [2.75, 3.05) is 25.4 Å². The van der Waals surface area contributed by atoms with Gasteiger partial charge in [-0.1, -0.05) is 23.9 Å². The molecule has 2 aromatic heterocycles. The number of amides is 1. The van der Waals surface area contributed by atoms with Gasteiger partial charge in [-0.3, -0.25) is 4.79 Å². The van der Waals surface area contributed by atoms with Crippen LogP contribution in [0.1, 0.15) is 6.92 Å². The van der Waals surface area contributed by atoms with Crippen molar-refractivity contribution in [3.8, 4) is 11.5 Å². The van der Waals surface area contributed by atoms with Crippen LogP contribution in [0.5, 0.6) is 11.5 Å². The van der Waals surface area contributed by atoms with Gasteiger partial charge in [-0.25, -0.2) is 9.50 Å². The Labute approximate surface area is 160 Å². The summed E-state index contributed by atoms with van der Waals surface area (Å²) < 4.78 is 13.3. The van der Waals surface area contributed by atoms with Gasteiger partial charge in [0.1, 0.15) is 6.61 Å². The van der Waals surface area contributed by atoms with Crippen LogP contribution in [0.2, 0.25) is 0 Å². The van der Waals surface area contributed by atoms with Crippen LogP contribution >= 0.6 is 11.8 Å². The maximum atomic E-state index is 12.6. The molecular formula is C18H19N5O3S. The predicted octanol–water partition coefficient (Wildman–Crippen LogP) is 1.90. The number of nitrogens with zero attached hydrogens (tertiary/aromatic N) is 5. The van der Waals surface area contributed by atoms with Crippen molar-refractivity contribution in [3.05, 3.63) is 42.7 Å². The molecule has 27 heavy (non-hydrogen) atoms. The first-order valence-corrected chi connectivity index (χ1v) is 9.68. The Morgan fingerprint density at radius 3 is 3.00 bits per heavy atom. The van der Waals surface area contributed by atoms with E-state index >= 15 is 0 Å². The number of likely N-dealkylation sites (N-methyl/N-ethyl adjacent to an activating group) is 1. The molecule has 0 fully saturated rings. The highest BCUT2D eigenvalue weighted by Crippen LogP contribution is 2.31. The molecule has 0 saturated carbocycles. The summed E-state index contributed by atoms with van der Waals surface area (Å²) in [5, 5.41) is 4.83. The average molecular weight is 385 g/mol. The number of aromatic nitrogens is 4. The number of para-hydroxylation sites is 2. The van der Waals surface area contributed by atoms with E-state index in [0.29, 0.717) is 36.4 Å². The van der Waals surface area contributed by atoms with Gasteiger partial charge in [0.05, 0.1) is 12.3 Å². The first-order chi connectivity index (χ1) is 13.2. The number of ether oxygens (including phenoxy) is 2. The summed E-state index contributed by atoms with van der Waals surface area (Å²) in [6, 6.07) is 9.34. The molecule has 8 nitrogen and oxygen atoms in total. The summed E-state index contributed by atoms with van der Waals surface area (Å²) in [7, 11) is 0. The Bertz CT molecular complexity index is 914. The molecule has 0 unspecified atom stereocenters. The normalized spacial score (nSPS) is 15.7. The van der Waals surface area contributed by atoms with Gasteiger partial charge >= 0.3 is 0 Å². The van der Waals surface area contributed by atoms with Crippen molar-refractivity contribution in [2.24, 2.45) is 0 Å². The van der Waals surface area contributed by atoms with Crippen molar-refractivity contribution < 1.29 is 14.3 Å². The number of carbonyl (C=O) groups is 1. The number of hydrogen-bond donors (Lipinski definition) is 0. The van der Waals surface area contributed by atoms with Gasteiger partial charge < -0.3 is 14.4 Å². The first kappa shape index (κ1) is 17.6. The SMILES string of the molecule is CCN(C[C@H]1COc2ccccc2O1)C(=O)CSc1nc2ncccn2n1. The molecule has 0 bridgehead atoms. The minimum atomic E-state index is -0.189. The Kier molecular flexibility index (Phi) is 5.10. The fraction of sp³-hybridized carbons (Fsp3) is 0.333. The largest absolute Gasteiger partial charge is 0.486 e. The third-order valence-corrected chi connectivity index (χ3v) is 4.97. The zero-order chi connectivity index (χ0) is 18.6. The lowest BCUT2D eigenvalue weighted by atomic mass is 10.2. The monoisotopic (exact) mass is 385 g/mol. The highest BCUT2D eigenvalue weighted by atomic mass is 32.2. The molecule has 3 aromatic rings. The lowest BCUT2D eigenvalue weighted by molar-refractivity contribution is -0.129. The molecule has 0 aliphatic carbocycles. The van der Waals surface area contributed by atoms with E-state index in [1.165, 1.54) is 11.8 Å². The summed E-state index contributed by atoms with van der Waals surface area (Å²) in [6.07, 6.45) is 3.25.